The molecular weight excluding hydrogens is 414 g/mol. The van der Waals surface area contributed by atoms with Gasteiger partial charge in [-0.2, -0.15) is 0 Å². The minimum atomic E-state index is -0.702. The monoisotopic (exact) mass is 443 g/mol. The number of benzene rings is 1. The Hall–Kier alpha value is -2.71. The van der Waals surface area contributed by atoms with Gasteiger partial charge in [-0.25, -0.2) is 0 Å². The van der Waals surface area contributed by atoms with E-state index in [9.17, 15) is 19.5 Å². The molecule has 0 bridgehead atoms. The third kappa shape index (κ3) is 5.92. The van der Waals surface area contributed by atoms with E-state index < -0.39 is 6.04 Å². The molecule has 2 aromatic rings. The number of carbonyl (C=O) groups is 3. The number of hydrogen-bond donors (Lipinski definition) is 3. The molecule has 1 aromatic carbocycles. The van der Waals surface area contributed by atoms with E-state index >= 15 is 0 Å². The number of thiophene rings is 1. The minimum Gasteiger partial charge on any atom is -0.396 e. The number of anilines is 1. The van der Waals surface area contributed by atoms with E-state index in [-0.39, 0.29) is 36.2 Å². The SMILES string of the molecule is CC(C)C(NC(=O)c1cccs1)C(=O)Nc1cccc(C(=O)N2CCC(CO)CC2)c1. The van der Waals surface area contributed by atoms with Gasteiger partial charge in [0.2, 0.25) is 5.91 Å². The summed E-state index contributed by atoms with van der Waals surface area (Å²) in [6, 6.07) is 9.66. The number of rotatable bonds is 7. The maximum Gasteiger partial charge on any atom is 0.262 e. The third-order valence-electron chi connectivity index (χ3n) is 5.52. The fourth-order valence-corrected chi connectivity index (χ4v) is 4.23. The lowest BCUT2D eigenvalue weighted by Crippen LogP contribution is -2.47. The van der Waals surface area contributed by atoms with Crippen LogP contribution < -0.4 is 10.6 Å². The first-order chi connectivity index (χ1) is 14.9. The highest BCUT2D eigenvalue weighted by molar-refractivity contribution is 7.12. The molecule has 8 heteroatoms. The lowest BCUT2D eigenvalue weighted by atomic mass is 9.97. The highest BCUT2D eigenvalue weighted by Crippen LogP contribution is 2.20. The highest BCUT2D eigenvalue weighted by Gasteiger charge is 2.26. The van der Waals surface area contributed by atoms with Gasteiger partial charge in [-0.05, 0) is 54.3 Å². The van der Waals surface area contributed by atoms with Crippen molar-refractivity contribution in [3.8, 4) is 0 Å². The van der Waals surface area contributed by atoms with Crippen LogP contribution in [0.15, 0.2) is 41.8 Å². The van der Waals surface area contributed by atoms with E-state index in [4.69, 9.17) is 0 Å². The molecule has 166 valence electrons. The van der Waals surface area contributed by atoms with Gasteiger partial charge >= 0.3 is 0 Å². The summed E-state index contributed by atoms with van der Waals surface area (Å²) < 4.78 is 0. The fraction of sp³-hybridized carbons (Fsp3) is 0.435. The van der Waals surface area contributed by atoms with E-state index in [1.807, 2.05) is 19.2 Å². The van der Waals surface area contributed by atoms with Crippen molar-refractivity contribution in [2.75, 3.05) is 25.0 Å². The summed E-state index contributed by atoms with van der Waals surface area (Å²) in [4.78, 5) is 40.4. The van der Waals surface area contributed by atoms with Gasteiger partial charge in [0.25, 0.3) is 11.8 Å². The zero-order valence-electron chi connectivity index (χ0n) is 17.8. The first-order valence-electron chi connectivity index (χ1n) is 10.5. The fourth-order valence-electron chi connectivity index (χ4n) is 3.61. The van der Waals surface area contributed by atoms with E-state index in [0.29, 0.717) is 29.2 Å². The van der Waals surface area contributed by atoms with Crippen LogP contribution in [0.3, 0.4) is 0 Å². The van der Waals surface area contributed by atoms with Crippen LogP contribution in [0.2, 0.25) is 0 Å². The standard InChI is InChI=1S/C23H29N3O4S/c1-15(2)20(25-21(28)19-7-4-12-31-19)22(29)24-18-6-3-5-17(13-18)23(30)26-10-8-16(14-27)9-11-26/h3-7,12-13,15-16,20,27H,8-11,14H2,1-2H3,(H,24,29)(H,25,28). The lowest BCUT2D eigenvalue weighted by Gasteiger charge is -2.31. The number of likely N-dealkylation sites (tertiary alicyclic amines) is 1. The smallest absolute Gasteiger partial charge is 0.262 e. The Morgan fingerprint density at radius 1 is 1.16 bits per heavy atom. The molecule has 7 nitrogen and oxygen atoms in total. The molecule has 3 amide bonds. The molecule has 0 saturated carbocycles. The quantitative estimate of drug-likeness (QED) is 0.613. The zero-order chi connectivity index (χ0) is 22.4. The minimum absolute atomic E-state index is 0.0844. The van der Waals surface area contributed by atoms with Gasteiger partial charge in [0.1, 0.15) is 6.04 Å². The van der Waals surface area contributed by atoms with Crippen LogP contribution in [-0.4, -0.2) is 53.5 Å². The van der Waals surface area contributed by atoms with E-state index in [1.54, 1.807) is 41.3 Å². The molecule has 1 aromatic heterocycles. The third-order valence-corrected chi connectivity index (χ3v) is 6.39. The molecule has 1 aliphatic rings. The number of hydrogen-bond acceptors (Lipinski definition) is 5. The van der Waals surface area contributed by atoms with Crippen molar-refractivity contribution in [3.63, 3.8) is 0 Å². The van der Waals surface area contributed by atoms with Crippen molar-refractivity contribution in [3.05, 3.63) is 52.2 Å². The van der Waals surface area contributed by atoms with E-state index in [1.165, 1.54) is 11.3 Å². The van der Waals surface area contributed by atoms with E-state index in [0.717, 1.165) is 12.8 Å². The average Bonchev–Trinajstić information content (AvgIpc) is 3.32. The van der Waals surface area contributed by atoms with E-state index in [2.05, 4.69) is 10.6 Å². The van der Waals surface area contributed by atoms with Crippen molar-refractivity contribution >= 4 is 34.7 Å². The highest BCUT2D eigenvalue weighted by atomic mass is 32.1. The summed E-state index contributed by atoms with van der Waals surface area (Å²) in [5.41, 5.74) is 1.01. The topological polar surface area (TPSA) is 98.7 Å². The average molecular weight is 444 g/mol. The van der Waals surface area contributed by atoms with Gasteiger partial charge in [-0.15, -0.1) is 11.3 Å². The molecule has 1 atom stereocenters. The molecule has 0 aliphatic carbocycles. The molecular formula is C23H29N3O4S. The molecule has 2 heterocycles. The van der Waals surface area contributed by atoms with Crippen LogP contribution in [0.4, 0.5) is 5.69 Å². The van der Waals surface area contributed by atoms with Gasteiger partial charge in [-0.1, -0.05) is 26.0 Å². The number of aliphatic hydroxyl groups is 1. The number of nitrogens with one attached hydrogen (secondary N) is 2. The predicted molar refractivity (Wildman–Crippen MR) is 121 cm³/mol. The van der Waals surface area contributed by atoms with Gasteiger partial charge in [-0.3, -0.25) is 14.4 Å². The van der Waals surface area contributed by atoms with Crippen LogP contribution in [0, 0.1) is 11.8 Å². The van der Waals surface area contributed by atoms with Gasteiger partial charge < -0.3 is 20.6 Å². The van der Waals surface area contributed by atoms with Gasteiger partial charge in [0, 0.05) is 30.9 Å². The summed E-state index contributed by atoms with van der Waals surface area (Å²) in [5.74, 6) is -0.542. The van der Waals surface area contributed by atoms with Crippen LogP contribution in [-0.2, 0) is 4.79 Å². The Kier molecular flexibility index (Phi) is 7.81. The Labute approximate surface area is 186 Å². The van der Waals surface area contributed by atoms with Crippen molar-refractivity contribution in [2.45, 2.75) is 32.7 Å². The Bertz CT molecular complexity index is 905. The summed E-state index contributed by atoms with van der Waals surface area (Å²) in [6.07, 6.45) is 1.58. The van der Waals surface area contributed by atoms with Gasteiger partial charge in [0.05, 0.1) is 4.88 Å². The molecule has 1 aliphatic heterocycles. The number of aliphatic hydroxyl groups excluding tert-OH is 1. The number of carbonyl (C=O) groups excluding carboxylic acids is 3. The van der Waals surface area contributed by atoms with Crippen LogP contribution in [0.5, 0.6) is 0 Å². The Morgan fingerprint density at radius 2 is 1.90 bits per heavy atom. The maximum absolute atomic E-state index is 12.9. The largest absolute Gasteiger partial charge is 0.396 e. The van der Waals surface area contributed by atoms with Crippen LogP contribution >= 0.6 is 11.3 Å². The molecule has 3 N–H and O–H groups in total. The second-order valence-electron chi connectivity index (χ2n) is 8.16. The summed E-state index contributed by atoms with van der Waals surface area (Å²) in [7, 11) is 0. The number of amides is 3. The number of piperidine rings is 1. The second kappa shape index (κ2) is 10.5. The molecule has 1 saturated heterocycles. The molecule has 0 spiro atoms. The number of nitrogens with zero attached hydrogens (tertiary/aromatic N) is 1. The first kappa shape index (κ1) is 23.0. The van der Waals surface area contributed by atoms with Crippen LogP contribution in [0.1, 0.15) is 46.7 Å². The van der Waals surface area contributed by atoms with Crippen molar-refractivity contribution in [1.29, 1.82) is 0 Å². The summed E-state index contributed by atoms with van der Waals surface area (Å²) in [6.45, 7) is 5.13. The maximum atomic E-state index is 12.9. The summed E-state index contributed by atoms with van der Waals surface area (Å²) >= 11 is 1.32. The molecule has 1 fully saturated rings. The molecule has 0 radical (unpaired) electrons. The lowest BCUT2D eigenvalue weighted by molar-refractivity contribution is -0.118. The van der Waals surface area contributed by atoms with Gasteiger partial charge in [0.15, 0.2) is 0 Å². The van der Waals surface area contributed by atoms with Crippen molar-refractivity contribution in [2.24, 2.45) is 11.8 Å². The Balaban J connectivity index is 1.65. The van der Waals surface area contributed by atoms with Crippen molar-refractivity contribution < 1.29 is 19.5 Å². The first-order valence-corrected chi connectivity index (χ1v) is 11.4. The zero-order valence-corrected chi connectivity index (χ0v) is 18.7. The molecule has 1 unspecified atom stereocenters. The predicted octanol–water partition coefficient (Wildman–Crippen LogP) is 2.99. The summed E-state index contributed by atoms with van der Waals surface area (Å²) in [5, 5.41) is 16.7. The normalized spacial score (nSPS) is 15.5. The molecule has 3 rings (SSSR count). The second-order valence-corrected chi connectivity index (χ2v) is 9.11. The van der Waals surface area contributed by atoms with Crippen LogP contribution in [0.25, 0.3) is 0 Å². The van der Waals surface area contributed by atoms with Crippen molar-refractivity contribution in [1.82, 2.24) is 10.2 Å². The molecule has 31 heavy (non-hydrogen) atoms. The Morgan fingerprint density at radius 3 is 2.52 bits per heavy atom.